The van der Waals surface area contributed by atoms with Gasteiger partial charge in [-0.15, -0.1) is 17.5 Å². The molecular weight excluding hydrogens is 347 g/mol. The molecule has 0 bridgehead atoms. The molecule has 2 rings (SSSR count). The molecule has 11 heteroatoms. The van der Waals surface area contributed by atoms with E-state index in [1.807, 2.05) is 6.92 Å². The Hall–Kier alpha value is -2.26. The Morgan fingerprint density at radius 2 is 2.22 bits per heavy atom. The van der Waals surface area contributed by atoms with Crippen LogP contribution in [0.1, 0.15) is 30.1 Å². The summed E-state index contributed by atoms with van der Waals surface area (Å²) in [4.78, 5) is 23.6. The SMILES string of the molecule is CCCCn1nnc(NC(=O)c2ccc(Cl)c([N+](=O)[O-])c2)n1.Cl. The van der Waals surface area contributed by atoms with Crippen LogP contribution in [-0.4, -0.2) is 31.0 Å². The summed E-state index contributed by atoms with van der Waals surface area (Å²) in [6.07, 6.45) is 1.88. The van der Waals surface area contributed by atoms with Gasteiger partial charge in [0.05, 0.1) is 11.5 Å². The second-order valence-electron chi connectivity index (χ2n) is 4.44. The zero-order valence-electron chi connectivity index (χ0n) is 12.1. The number of aryl methyl sites for hydroxylation is 1. The highest BCUT2D eigenvalue weighted by atomic mass is 35.5. The average Bonchev–Trinajstić information content (AvgIpc) is 2.92. The summed E-state index contributed by atoms with van der Waals surface area (Å²) in [5.41, 5.74) is -0.255. The third kappa shape index (κ3) is 4.86. The molecule has 9 nitrogen and oxygen atoms in total. The quantitative estimate of drug-likeness (QED) is 0.625. The van der Waals surface area contributed by atoms with Crippen LogP contribution in [-0.2, 0) is 6.54 Å². The van der Waals surface area contributed by atoms with Gasteiger partial charge in [-0.25, -0.2) is 0 Å². The van der Waals surface area contributed by atoms with Crippen molar-refractivity contribution in [3.05, 3.63) is 38.9 Å². The Bertz CT molecular complexity index is 706. The third-order valence-corrected chi connectivity index (χ3v) is 3.11. The molecule has 1 amide bonds. The molecule has 1 heterocycles. The van der Waals surface area contributed by atoms with Crippen LogP contribution in [0.5, 0.6) is 0 Å². The molecule has 1 aromatic carbocycles. The van der Waals surface area contributed by atoms with E-state index < -0.39 is 10.8 Å². The van der Waals surface area contributed by atoms with Gasteiger partial charge in [0.1, 0.15) is 5.02 Å². The lowest BCUT2D eigenvalue weighted by molar-refractivity contribution is -0.384. The minimum atomic E-state index is -0.654. The summed E-state index contributed by atoms with van der Waals surface area (Å²) in [7, 11) is 0. The monoisotopic (exact) mass is 360 g/mol. The van der Waals surface area contributed by atoms with Gasteiger partial charge in [-0.1, -0.05) is 30.0 Å². The standard InChI is InChI=1S/C12H13ClN6O3.ClH/c1-2-3-6-18-16-12(15-17-18)14-11(20)8-4-5-9(13)10(7-8)19(21)22;/h4-5,7H,2-3,6H2,1H3,(H,14,16,20);1H. The fourth-order valence-corrected chi connectivity index (χ4v) is 1.84. The highest BCUT2D eigenvalue weighted by Gasteiger charge is 2.17. The molecule has 0 saturated carbocycles. The highest BCUT2D eigenvalue weighted by molar-refractivity contribution is 6.32. The Kier molecular flexibility index (Phi) is 6.86. The predicted molar refractivity (Wildman–Crippen MR) is 86.0 cm³/mol. The minimum Gasteiger partial charge on any atom is -0.288 e. The molecule has 124 valence electrons. The van der Waals surface area contributed by atoms with E-state index in [4.69, 9.17) is 11.6 Å². The number of amides is 1. The highest BCUT2D eigenvalue weighted by Crippen LogP contribution is 2.25. The lowest BCUT2D eigenvalue weighted by atomic mass is 10.2. The van der Waals surface area contributed by atoms with Crippen molar-refractivity contribution < 1.29 is 9.72 Å². The molecule has 23 heavy (non-hydrogen) atoms. The predicted octanol–water partition coefficient (Wildman–Crippen LogP) is 2.71. The molecule has 0 unspecified atom stereocenters. The van der Waals surface area contributed by atoms with Crippen LogP contribution in [0.25, 0.3) is 0 Å². The summed E-state index contributed by atoms with van der Waals surface area (Å²) in [5, 5.41) is 24.7. The Balaban J connectivity index is 0.00000264. The van der Waals surface area contributed by atoms with Crippen molar-refractivity contribution in [3.63, 3.8) is 0 Å². The van der Waals surface area contributed by atoms with Crippen LogP contribution < -0.4 is 5.32 Å². The van der Waals surface area contributed by atoms with Crippen molar-refractivity contribution in [1.29, 1.82) is 0 Å². The third-order valence-electron chi connectivity index (χ3n) is 2.79. The number of carbonyl (C=O) groups excluding carboxylic acids is 1. The summed E-state index contributed by atoms with van der Waals surface area (Å²) in [5.74, 6) is -0.534. The Morgan fingerprint density at radius 1 is 1.48 bits per heavy atom. The number of aromatic nitrogens is 4. The van der Waals surface area contributed by atoms with Gasteiger partial charge in [-0.05, 0) is 23.8 Å². The molecule has 0 aliphatic carbocycles. The zero-order chi connectivity index (χ0) is 16.1. The first-order valence-corrected chi connectivity index (χ1v) is 6.92. The lowest BCUT2D eigenvalue weighted by Crippen LogP contribution is -2.13. The number of nitro groups is 1. The number of halogens is 2. The number of hydrogen-bond acceptors (Lipinski definition) is 6. The molecule has 0 spiro atoms. The first-order valence-electron chi connectivity index (χ1n) is 6.54. The van der Waals surface area contributed by atoms with Crippen LogP contribution in [0.4, 0.5) is 11.6 Å². The van der Waals surface area contributed by atoms with Crippen molar-refractivity contribution in [1.82, 2.24) is 20.2 Å². The second-order valence-corrected chi connectivity index (χ2v) is 4.85. The van der Waals surface area contributed by atoms with E-state index in [2.05, 4.69) is 20.7 Å². The maximum atomic E-state index is 12.0. The fourth-order valence-electron chi connectivity index (χ4n) is 1.66. The van der Waals surface area contributed by atoms with Crippen LogP contribution >= 0.6 is 24.0 Å². The summed E-state index contributed by atoms with van der Waals surface area (Å²) < 4.78 is 0. The topological polar surface area (TPSA) is 116 Å². The van der Waals surface area contributed by atoms with E-state index in [0.717, 1.165) is 18.9 Å². The van der Waals surface area contributed by atoms with Crippen LogP contribution in [0, 0.1) is 10.1 Å². The number of nitrogens with zero attached hydrogens (tertiary/aromatic N) is 5. The van der Waals surface area contributed by atoms with Gasteiger partial charge in [0.15, 0.2) is 0 Å². The van der Waals surface area contributed by atoms with Gasteiger partial charge < -0.3 is 0 Å². The van der Waals surface area contributed by atoms with Gasteiger partial charge in [0.2, 0.25) is 0 Å². The van der Waals surface area contributed by atoms with Crippen molar-refractivity contribution in [2.45, 2.75) is 26.3 Å². The molecule has 0 radical (unpaired) electrons. The van der Waals surface area contributed by atoms with E-state index in [1.54, 1.807) is 0 Å². The number of hydrogen-bond donors (Lipinski definition) is 1. The van der Waals surface area contributed by atoms with E-state index in [9.17, 15) is 14.9 Å². The van der Waals surface area contributed by atoms with Gasteiger partial charge in [0.25, 0.3) is 17.5 Å². The van der Waals surface area contributed by atoms with Gasteiger partial charge in [-0.2, -0.15) is 4.80 Å². The first kappa shape index (κ1) is 18.8. The molecule has 0 saturated heterocycles. The number of nitro benzene ring substituents is 1. The van der Waals surface area contributed by atoms with Gasteiger partial charge >= 0.3 is 0 Å². The molecule has 2 aromatic rings. The number of nitrogens with one attached hydrogen (secondary N) is 1. The maximum absolute atomic E-state index is 12.0. The van der Waals surface area contributed by atoms with Crippen molar-refractivity contribution in [2.24, 2.45) is 0 Å². The molecule has 1 N–H and O–H groups in total. The number of benzene rings is 1. The van der Waals surface area contributed by atoms with Crippen molar-refractivity contribution in [2.75, 3.05) is 5.32 Å². The number of unbranched alkanes of at least 4 members (excludes halogenated alkanes) is 1. The van der Waals surface area contributed by atoms with Gasteiger partial charge in [-0.3, -0.25) is 20.2 Å². The van der Waals surface area contributed by atoms with Crippen LogP contribution in [0.2, 0.25) is 5.02 Å². The number of tetrazole rings is 1. The normalized spacial score (nSPS) is 10.0. The first-order chi connectivity index (χ1) is 10.5. The summed E-state index contributed by atoms with van der Waals surface area (Å²) in [6.45, 7) is 2.64. The second kappa shape index (κ2) is 8.39. The smallest absolute Gasteiger partial charge is 0.288 e. The van der Waals surface area contributed by atoms with Crippen LogP contribution in [0.3, 0.4) is 0 Å². The molecule has 0 aliphatic rings. The van der Waals surface area contributed by atoms with E-state index in [1.165, 1.54) is 16.9 Å². The number of carbonyl (C=O) groups is 1. The summed E-state index contributed by atoms with van der Waals surface area (Å²) in [6, 6.07) is 3.77. The Labute approximate surface area is 142 Å². The zero-order valence-corrected chi connectivity index (χ0v) is 13.7. The number of anilines is 1. The average molecular weight is 361 g/mol. The lowest BCUT2D eigenvalue weighted by Gasteiger charge is -2.01. The molecule has 1 aromatic heterocycles. The minimum absolute atomic E-state index is 0. The molecule has 0 aliphatic heterocycles. The molecule has 0 fully saturated rings. The van der Waals surface area contributed by atoms with Crippen molar-refractivity contribution in [3.8, 4) is 0 Å². The molecule has 0 atom stereocenters. The molecular formula is C12H14Cl2N6O3. The van der Waals surface area contributed by atoms with E-state index in [-0.39, 0.29) is 34.6 Å². The fraction of sp³-hybridized carbons (Fsp3) is 0.333. The van der Waals surface area contributed by atoms with Crippen LogP contribution in [0.15, 0.2) is 18.2 Å². The summed E-state index contributed by atoms with van der Waals surface area (Å²) >= 11 is 5.70. The van der Waals surface area contributed by atoms with E-state index in [0.29, 0.717) is 6.54 Å². The Morgan fingerprint density at radius 3 is 2.87 bits per heavy atom. The number of rotatable bonds is 6. The van der Waals surface area contributed by atoms with Crippen molar-refractivity contribution >= 4 is 41.6 Å². The maximum Gasteiger partial charge on any atom is 0.288 e. The van der Waals surface area contributed by atoms with E-state index >= 15 is 0 Å². The van der Waals surface area contributed by atoms with Gasteiger partial charge in [0, 0.05) is 11.6 Å². The largest absolute Gasteiger partial charge is 0.288 e.